The molecule has 0 radical (unpaired) electrons. The van der Waals surface area contributed by atoms with Crippen molar-refractivity contribution in [2.24, 2.45) is 0 Å². The second-order valence-electron chi connectivity index (χ2n) is 11.4. The summed E-state index contributed by atoms with van der Waals surface area (Å²) in [6.45, 7) is 5.39. The van der Waals surface area contributed by atoms with Crippen molar-refractivity contribution in [1.29, 1.82) is 0 Å². The first-order chi connectivity index (χ1) is 16.0. The van der Waals surface area contributed by atoms with Crippen molar-refractivity contribution in [3.05, 3.63) is 0 Å². The molecule has 0 bridgehead atoms. The van der Waals surface area contributed by atoms with Gasteiger partial charge >= 0.3 is 0 Å². The van der Waals surface area contributed by atoms with Gasteiger partial charge in [-0.25, -0.2) is 0 Å². The van der Waals surface area contributed by atoms with E-state index in [1.54, 1.807) is 0 Å². The molecule has 198 valence electrons. The standard InChI is InChI=1S/C29H60NO3/c1-5-6-7-8-9-10-11-12-13-14-15-16-17-18-19-20-21-22-23-24-31-27-29-32-26-28(33-29)25-30(2,3)4/h28-29H,5-27H2,1-4H3/q+1. The highest BCUT2D eigenvalue weighted by Crippen LogP contribution is 2.16. The van der Waals surface area contributed by atoms with Crippen LogP contribution in [0.5, 0.6) is 0 Å². The molecule has 1 aliphatic rings. The second-order valence-corrected chi connectivity index (χ2v) is 11.4. The average molecular weight is 471 g/mol. The summed E-state index contributed by atoms with van der Waals surface area (Å²) in [5, 5.41) is 0. The zero-order valence-electron chi connectivity index (χ0n) is 23.1. The van der Waals surface area contributed by atoms with Crippen molar-refractivity contribution in [3.63, 3.8) is 0 Å². The van der Waals surface area contributed by atoms with Gasteiger partial charge in [-0.05, 0) is 6.42 Å². The van der Waals surface area contributed by atoms with Gasteiger partial charge in [0.25, 0.3) is 0 Å². The van der Waals surface area contributed by atoms with E-state index < -0.39 is 0 Å². The van der Waals surface area contributed by atoms with Crippen molar-refractivity contribution < 1.29 is 18.7 Å². The molecule has 1 fully saturated rings. The van der Waals surface area contributed by atoms with E-state index in [-0.39, 0.29) is 12.4 Å². The Labute approximate surface area is 207 Å². The lowest BCUT2D eigenvalue weighted by Crippen LogP contribution is -2.42. The monoisotopic (exact) mass is 470 g/mol. The molecule has 1 heterocycles. The molecule has 0 aliphatic carbocycles. The maximum atomic E-state index is 5.92. The van der Waals surface area contributed by atoms with Crippen LogP contribution in [0.1, 0.15) is 129 Å². The minimum absolute atomic E-state index is 0.165. The maximum Gasteiger partial charge on any atom is 0.181 e. The molecular formula is C29H60NO3+. The Bertz CT molecular complexity index is 410. The second kappa shape index (κ2) is 21.1. The Morgan fingerprint density at radius 3 is 1.48 bits per heavy atom. The number of nitrogens with zero attached hydrogens (tertiary/aromatic N) is 1. The molecular weight excluding hydrogens is 410 g/mol. The van der Waals surface area contributed by atoms with Gasteiger partial charge < -0.3 is 18.7 Å². The molecule has 0 aromatic rings. The first-order valence-electron chi connectivity index (χ1n) is 14.7. The summed E-state index contributed by atoms with van der Waals surface area (Å²) in [7, 11) is 6.56. The van der Waals surface area contributed by atoms with Gasteiger partial charge in [0, 0.05) is 6.61 Å². The normalized spacial score (nSPS) is 18.9. The predicted molar refractivity (Wildman–Crippen MR) is 142 cm³/mol. The summed E-state index contributed by atoms with van der Waals surface area (Å²) in [6, 6.07) is 0. The third kappa shape index (κ3) is 20.9. The van der Waals surface area contributed by atoms with Crippen LogP contribution in [0.2, 0.25) is 0 Å². The van der Waals surface area contributed by atoms with Crippen LogP contribution in [0.15, 0.2) is 0 Å². The molecule has 0 spiro atoms. The fraction of sp³-hybridized carbons (Fsp3) is 1.00. The molecule has 0 saturated carbocycles. The van der Waals surface area contributed by atoms with Gasteiger partial charge in [-0.2, -0.15) is 0 Å². The third-order valence-corrected chi connectivity index (χ3v) is 6.71. The summed E-state index contributed by atoms with van der Waals surface area (Å²) in [5.41, 5.74) is 0. The molecule has 2 atom stereocenters. The van der Waals surface area contributed by atoms with E-state index in [0.717, 1.165) is 24.1 Å². The lowest BCUT2D eigenvalue weighted by Gasteiger charge is -2.26. The molecule has 0 aromatic heterocycles. The minimum atomic E-state index is -0.165. The Kier molecular flexibility index (Phi) is 19.8. The van der Waals surface area contributed by atoms with E-state index in [1.165, 1.54) is 116 Å². The molecule has 0 amide bonds. The topological polar surface area (TPSA) is 27.7 Å². The molecule has 0 N–H and O–H groups in total. The van der Waals surface area contributed by atoms with E-state index in [4.69, 9.17) is 14.2 Å². The first kappa shape index (κ1) is 30.9. The average Bonchev–Trinajstić information content (AvgIpc) is 3.20. The summed E-state index contributed by atoms with van der Waals surface area (Å²) < 4.78 is 18.3. The molecule has 4 heteroatoms. The van der Waals surface area contributed by atoms with Gasteiger partial charge in [-0.3, -0.25) is 0 Å². The van der Waals surface area contributed by atoms with Crippen LogP contribution in [-0.2, 0) is 14.2 Å². The fourth-order valence-electron chi connectivity index (χ4n) is 4.76. The lowest BCUT2D eigenvalue weighted by atomic mass is 10.0. The number of likely N-dealkylation sites (N-methyl/N-ethyl adjacent to an activating group) is 1. The highest BCUT2D eigenvalue weighted by molar-refractivity contribution is 4.64. The van der Waals surface area contributed by atoms with Crippen molar-refractivity contribution in [1.82, 2.24) is 0 Å². The fourth-order valence-corrected chi connectivity index (χ4v) is 4.76. The molecule has 1 aliphatic heterocycles. The van der Waals surface area contributed by atoms with E-state index >= 15 is 0 Å². The molecule has 2 unspecified atom stereocenters. The number of hydrogen-bond acceptors (Lipinski definition) is 3. The van der Waals surface area contributed by atoms with Crippen LogP contribution in [0, 0.1) is 0 Å². The summed E-state index contributed by atoms with van der Waals surface area (Å²) >= 11 is 0. The summed E-state index contributed by atoms with van der Waals surface area (Å²) in [5.74, 6) is 0. The Hall–Kier alpha value is -0.160. The predicted octanol–water partition coefficient (Wildman–Crippen LogP) is 7.88. The van der Waals surface area contributed by atoms with E-state index in [9.17, 15) is 0 Å². The summed E-state index contributed by atoms with van der Waals surface area (Å²) in [4.78, 5) is 0. The maximum absolute atomic E-state index is 5.92. The van der Waals surface area contributed by atoms with Gasteiger partial charge in [-0.1, -0.05) is 122 Å². The Balaban J connectivity index is 1.70. The molecule has 0 aromatic carbocycles. The van der Waals surface area contributed by atoms with Gasteiger partial charge in [0.15, 0.2) is 6.29 Å². The van der Waals surface area contributed by atoms with Gasteiger partial charge in [0.1, 0.15) is 12.6 Å². The van der Waals surface area contributed by atoms with Crippen molar-refractivity contribution >= 4 is 0 Å². The van der Waals surface area contributed by atoms with E-state index in [0.29, 0.717) is 13.2 Å². The zero-order valence-corrected chi connectivity index (χ0v) is 23.1. The van der Waals surface area contributed by atoms with Crippen LogP contribution in [0.4, 0.5) is 0 Å². The van der Waals surface area contributed by atoms with Crippen molar-refractivity contribution in [2.45, 2.75) is 141 Å². The van der Waals surface area contributed by atoms with Crippen LogP contribution in [-0.4, -0.2) is 64.4 Å². The quantitative estimate of drug-likeness (QED) is 0.106. The van der Waals surface area contributed by atoms with E-state index in [2.05, 4.69) is 28.1 Å². The van der Waals surface area contributed by atoms with Gasteiger partial charge in [-0.15, -0.1) is 0 Å². The molecule has 4 nitrogen and oxygen atoms in total. The molecule has 1 saturated heterocycles. The SMILES string of the molecule is CCCCCCCCCCCCCCCCCCCCCOCC1OCC(C[N+](C)(C)C)O1. The largest absolute Gasteiger partial charge is 0.376 e. The highest BCUT2D eigenvalue weighted by Gasteiger charge is 2.30. The number of quaternary nitrogens is 1. The smallest absolute Gasteiger partial charge is 0.181 e. The van der Waals surface area contributed by atoms with E-state index in [1.807, 2.05) is 0 Å². The highest BCUT2D eigenvalue weighted by atomic mass is 16.7. The third-order valence-electron chi connectivity index (χ3n) is 6.71. The summed E-state index contributed by atoms with van der Waals surface area (Å²) in [6.07, 6.45) is 26.9. The number of unbranched alkanes of at least 4 members (excludes halogenated alkanes) is 18. The van der Waals surface area contributed by atoms with Crippen LogP contribution in [0.3, 0.4) is 0 Å². The number of rotatable bonds is 24. The Morgan fingerprint density at radius 1 is 0.636 bits per heavy atom. The molecule has 33 heavy (non-hydrogen) atoms. The molecule has 1 rings (SSSR count). The zero-order chi connectivity index (χ0) is 24.0. The number of ether oxygens (including phenoxy) is 3. The van der Waals surface area contributed by atoms with Gasteiger partial charge in [0.05, 0.1) is 34.4 Å². The number of hydrogen-bond donors (Lipinski definition) is 0. The Morgan fingerprint density at radius 2 is 1.06 bits per heavy atom. The first-order valence-corrected chi connectivity index (χ1v) is 14.7. The van der Waals surface area contributed by atoms with Gasteiger partial charge in [0.2, 0.25) is 0 Å². The van der Waals surface area contributed by atoms with Crippen LogP contribution >= 0.6 is 0 Å². The van der Waals surface area contributed by atoms with Crippen molar-refractivity contribution in [3.8, 4) is 0 Å². The minimum Gasteiger partial charge on any atom is -0.376 e. The van der Waals surface area contributed by atoms with Crippen LogP contribution < -0.4 is 0 Å². The van der Waals surface area contributed by atoms with Crippen LogP contribution in [0.25, 0.3) is 0 Å². The van der Waals surface area contributed by atoms with Crippen molar-refractivity contribution in [2.75, 3.05) is 47.5 Å². The lowest BCUT2D eigenvalue weighted by molar-refractivity contribution is -0.873.